The third-order valence-electron chi connectivity index (χ3n) is 2.78. The number of aldehydes is 1. The number of hydrogen-bond acceptors (Lipinski definition) is 5. The van der Waals surface area contributed by atoms with Crippen molar-refractivity contribution >= 4 is 34.8 Å². The molecule has 1 aromatic carbocycles. The van der Waals surface area contributed by atoms with Crippen molar-refractivity contribution in [1.29, 1.82) is 0 Å². The third kappa shape index (κ3) is 4.23. The van der Waals surface area contributed by atoms with Crippen LogP contribution in [0.2, 0.25) is 0 Å². The first-order valence-electron chi connectivity index (χ1n) is 6.38. The molecule has 116 valence electrons. The van der Waals surface area contributed by atoms with E-state index in [1.54, 1.807) is 30.5 Å². The van der Waals surface area contributed by atoms with Gasteiger partial charge in [0.25, 0.3) is 5.91 Å². The van der Waals surface area contributed by atoms with Crippen LogP contribution < -0.4 is 14.8 Å². The van der Waals surface area contributed by atoms with Gasteiger partial charge in [-0.25, -0.2) is 0 Å². The molecule has 2 aromatic rings. The fraction of sp³-hybridized carbons (Fsp3) is 0.200. The van der Waals surface area contributed by atoms with Gasteiger partial charge in [0.2, 0.25) is 0 Å². The molecule has 0 fully saturated rings. The smallest absolute Gasteiger partial charge is 0.258 e. The van der Waals surface area contributed by atoms with Gasteiger partial charge >= 0.3 is 0 Å². The first-order valence-corrected chi connectivity index (χ1v) is 7.46. The zero-order valence-corrected chi connectivity index (χ0v) is 14.0. The van der Waals surface area contributed by atoms with Gasteiger partial charge in [0.15, 0.2) is 18.1 Å². The van der Waals surface area contributed by atoms with E-state index < -0.39 is 0 Å². The lowest BCUT2D eigenvalue weighted by atomic mass is 10.2. The minimum Gasteiger partial charge on any atom is -0.493 e. The molecule has 0 spiro atoms. The van der Waals surface area contributed by atoms with Crippen molar-refractivity contribution in [3.05, 3.63) is 45.4 Å². The third-order valence-corrected chi connectivity index (χ3v) is 3.58. The Morgan fingerprint density at radius 2 is 2.27 bits per heavy atom. The molecule has 0 bridgehead atoms. The van der Waals surface area contributed by atoms with E-state index in [0.717, 1.165) is 6.29 Å². The Hall–Kier alpha value is -2.03. The van der Waals surface area contributed by atoms with Gasteiger partial charge < -0.3 is 19.2 Å². The van der Waals surface area contributed by atoms with Crippen LogP contribution in [0.5, 0.6) is 11.5 Å². The summed E-state index contributed by atoms with van der Waals surface area (Å²) in [6.45, 7) is 0.140. The number of rotatable bonds is 7. The molecular weight excluding hydrogens is 401 g/mol. The monoisotopic (exact) mass is 415 g/mol. The Kier molecular flexibility index (Phi) is 5.82. The number of carbonyl (C=O) groups is 2. The SMILES string of the molecule is COc1cc(C=O)cc(I)c1OCC(=O)NCc1ccco1. The maximum atomic E-state index is 11.8. The van der Waals surface area contributed by atoms with Crippen LogP contribution in [0.25, 0.3) is 0 Å². The molecule has 2 rings (SSSR count). The molecule has 6 nitrogen and oxygen atoms in total. The predicted molar refractivity (Wildman–Crippen MR) is 87.1 cm³/mol. The lowest BCUT2D eigenvalue weighted by Crippen LogP contribution is -2.28. The van der Waals surface area contributed by atoms with Crippen LogP contribution in [0.3, 0.4) is 0 Å². The predicted octanol–water partition coefficient (Wildman–Crippen LogP) is 2.40. The van der Waals surface area contributed by atoms with Crippen LogP contribution in [0, 0.1) is 3.57 Å². The number of hydrogen-bond donors (Lipinski definition) is 1. The molecule has 0 saturated heterocycles. The van der Waals surface area contributed by atoms with Gasteiger partial charge in [-0.3, -0.25) is 9.59 Å². The average Bonchev–Trinajstić information content (AvgIpc) is 3.04. The average molecular weight is 415 g/mol. The number of furan rings is 1. The molecule has 0 radical (unpaired) electrons. The van der Waals surface area contributed by atoms with Crippen molar-refractivity contribution in [3.63, 3.8) is 0 Å². The number of nitrogens with one attached hydrogen (secondary N) is 1. The fourth-order valence-corrected chi connectivity index (χ4v) is 2.52. The molecule has 0 saturated carbocycles. The number of benzene rings is 1. The summed E-state index contributed by atoms with van der Waals surface area (Å²) in [7, 11) is 1.48. The maximum absolute atomic E-state index is 11.8. The van der Waals surface area contributed by atoms with Crippen molar-refractivity contribution in [1.82, 2.24) is 5.32 Å². The van der Waals surface area contributed by atoms with Gasteiger partial charge in [0, 0.05) is 5.56 Å². The molecule has 1 heterocycles. The van der Waals surface area contributed by atoms with Gasteiger partial charge in [-0.2, -0.15) is 0 Å². The summed E-state index contributed by atoms with van der Waals surface area (Å²) in [4.78, 5) is 22.6. The van der Waals surface area contributed by atoms with E-state index in [2.05, 4.69) is 5.32 Å². The number of halogens is 1. The quantitative estimate of drug-likeness (QED) is 0.555. The molecule has 7 heteroatoms. The normalized spacial score (nSPS) is 10.1. The molecule has 22 heavy (non-hydrogen) atoms. The van der Waals surface area contributed by atoms with E-state index in [-0.39, 0.29) is 12.5 Å². The second-order valence-corrected chi connectivity index (χ2v) is 5.46. The summed E-state index contributed by atoms with van der Waals surface area (Å²) in [5, 5.41) is 2.68. The highest BCUT2D eigenvalue weighted by Crippen LogP contribution is 2.33. The standard InChI is InChI=1S/C15H14INO5/c1-20-13-6-10(8-18)5-12(16)15(13)22-9-14(19)17-7-11-3-2-4-21-11/h2-6,8H,7,9H2,1H3,(H,17,19). The Balaban J connectivity index is 1.95. The van der Waals surface area contributed by atoms with E-state index in [0.29, 0.717) is 32.9 Å². The van der Waals surface area contributed by atoms with E-state index >= 15 is 0 Å². The largest absolute Gasteiger partial charge is 0.493 e. The summed E-state index contributed by atoms with van der Waals surface area (Å²) in [6.07, 6.45) is 2.27. The summed E-state index contributed by atoms with van der Waals surface area (Å²) in [5.74, 6) is 1.22. The number of methoxy groups -OCH3 is 1. The number of amides is 1. The van der Waals surface area contributed by atoms with Crippen LogP contribution in [0.15, 0.2) is 34.9 Å². The first-order chi connectivity index (χ1) is 10.6. The van der Waals surface area contributed by atoms with Gasteiger partial charge in [0.05, 0.1) is 23.5 Å². The Morgan fingerprint density at radius 3 is 2.91 bits per heavy atom. The zero-order valence-electron chi connectivity index (χ0n) is 11.8. The fourth-order valence-electron chi connectivity index (χ4n) is 1.74. The maximum Gasteiger partial charge on any atom is 0.258 e. The highest BCUT2D eigenvalue weighted by atomic mass is 127. The van der Waals surface area contributed by atoms with E-state index in [1.165, 1.54) is 7.11 Å². The van der Waals surface area contributed by atoms with Gasteiger partial charge in [-0.1, -0.05) is 0 Å². The second-order valence-electron chi connectivity index (χ2n) is 4.30. The number of carbonyl (C=O) groups excluding carboxylic acids is 2. The van der Waals surface area contributed by atoms with E-state index in [4.69, 9.17) is 13.9 Å². The minimum atomic E-state index is -0.284. The minimum absolute atomic E-state index is 0.159. The summed E-state index contributed by atoms with van der Waals surface area (Å²) in [5.41, 5.74) is 0.482. The van der Waals surface area contributed by atoms with Crippen LogP contribution in [0.4, 0.5) is 0 Å². The second kappa shape index (κ2) is 7.83. The molecule has 0 aliphatic carbocycles. The number of ether oxygens (including phenoxy) is 2. The molecule has 1 aromatic heterocycles. The summed E-state index contributed by atoms with van der Waals surface area (Å²) < 4.78 is 16.5. The van der Waals surface area contributed by atoms with E-state index in [1.807, 2.05) is 22.6 Å². The Bertz CT molecular complexity index is 654. The molecule has 0 aliphatic heterocycles. The Labute approximate surface area is 140 Å². The van der Waals surface area contributed by atoms with Crippen molar-refractivity contribution < 1.29 is 23.5 Å². The van der Waals surface area contributed by atoms with Crippen molar-refractivity contribution in [2.75, 3.05) is 13.7 Å². The van der Waals surface area contributed by atoms with E-state index in [9.17, 15) is 9.59 Å². The van der Waals surface area contributed by atoms with Crippen LogP contribution in [0.1, 0.15) is 16.1 Å². The summed E-state index contributed by atoms with van der Waals surface area (Å²) in [6, 6.07) is 6.74. The molecule has 0 atom stereocenters. The Morgan fingerprint density at radius 1 is 1.45 bits per heavy atom. The molecule has 0 aliphatic rings. The lowest BCUT2D eigenvalue weighted by molar-refractivity contribution is -0.123. The van der Waals surface area contributed by atoms with Gasteiger partial charge in [0.1, 0.15) is 12.0 Å². The van der Waals surface area contributed by atoms with Crippen molar-refractivity contribution in [2.24, 2.45) is 0 Å². The molecule has 0 unspecified atom stereocenters. The van der Waals surface area contributed by atoms with Crippen LogP contribution >= 0.6 is 22.6 Å². The van der Waals surface area contributed by atoms with Crippen LogP contribution in [-0.4, -0.2) is 25.9 Å². The molecule has 1 amide bonds. The molecule has 1 N–H and O–H groups in total. The van der Waals surface area contributed by atoms with Crippen LogP contribution in [-0.2, 0) is 11.3 Å². The van der Waals surface area contributed by atoms with Gasteiger partial charge in [-0.05, 0) is 46.9 Å². The topological polar surface area (TPSA) is 77.8 Å². The van der Waals surface area contributed by atoms with Crippen molar-refractivity contribution in [3.8, 4) is 11.5 Å². The first kappa shape index (κ1) is 16.3. The summed E-state index contributed by atoms with van der Waals surface area (Å²) >= 11 is 2.02. The zero-order chi connectivity index (χ0) is 15.9. The molecular formula is C15H14INO5. The highest BCUT2D eigenvalue weighted by Gasteiger charge is 2.13. The lowest BCUT2D eigenvalue weighted by Gasteiger charge is -2.13. The van der Waals surface area contributed by atoms with Crippen molar-refractivity contribution in [2.45, 2.75) is 6.54 Å². The van der Waals surface area contributed by atoms with Gasteiger partial charge in [-0.15, -0.1) is 0 Å². The highest BCUT2D eigenvalue weighted by molar-refractivity contribution is 14.1.